The lowest BCUT2D eigenvalue weighted by atomic mass is 9.93. The van der Waals surface area contributed by atoms with Gasteiger partial charge in [0.25, 0.3) is 0 Å². The van der Waals surface area contributed by atoms with Crippen LogP contribution in [0.5, 0.6) is 0 Å². The van der Waals surface area contributed by atoms with Crippen LogP contribution in [-0.4, -0.2) is 11.1 Å². The molecule has 1 N–H and O–H groups in total. The van der Waals surface area contributed by atoms with Crippen LogP contribution in [0.2, 0.25) is 0 Å². The molecule has 1 atom stereocenters. The molecule has 0 aliphatic carbocycles. The maximum atomic E-state index is 11.2. The van der Waals surface area contributed by atoms with Gasteiger partial charge in [0.05, 0.1) is 5.92 Å². The van der Waals surface area contributed by atoms with Crippen molar-refractivity contribution in [2.45, 2.75) is 25.7 Å². The van der Waals surface area contributed by atoms with Crippen molar-refractivity contribution in [1.82, 2.24) is 0 Å². The van der Waals surface area contributed by atoms with E-state index >= 15 is 0 Å². The molecule has 0 heterocycles. The highest BCUT2D eigenvalue weighted by atomic mass is 16.4. The van der Waals surface area contributed by atoms with Crippen LogP contribution >= 0.6 is 0 Å². The maximum absolute atomic E-state index is 11.2. The van der Waals surface area contributed by atoms with E-state index in [-0.39, 0.29) is 5.92 Å². The standard InChI is InChI=1S/C15H16O2/c1-2-5-14(15(16)17)13-9-8-11-6-3-4-7-12(11)10-13/h3-4,6-10,14H,2,5H2,1H3,(H,16,17)/t14-/m1/s1. The van der Waals surface area contributed by atoms with E-state index in [1.54, 1.807) is 0 Å². The molecule has 2 aromatic carbocycles. The first kappa shape index (κ1) is 11.6. The molecule has 17 heavy (non-hydrogen) atoms. The van der Waals surface area contributed by atoms with Crippen molar-refractivity contribution in [3.63, 3.8) is 0 Å². The smallest absolute Gasteiger partial charge is 0.310 e. The third-order valence-corrected chi connectivity index (χ3v) is 3.05. The molecule has 0 radical (unpaired) electrons. The minimum atomic E-state index is -0.734. The summed E-state index contributed by atoms with van der Waals surface area (Å²) in [5.41, 5.74) is 0.901. The Morgan fingerprint density at radius 2 is 1.88 bits per heavy atom. The summed E-state index contributed by atoms with van der Waals surface area (Å²) in [6.07, 6.45) is 1.57. The van der Waals surface area contributed by atoms with Crippen molar-refractivity contribution >= 4 is 16.7 Å². The molecule has 0 amide bonds. The number of hydrogen-bond donors (Lipinski definition) is 1. The Morgan fingerprint density at radius 3 is 2.53 bits per heavy atom. The maximum Gasteiger partial charge on any atom is 0.310 e. The summed E-state index contributed by atoms with van der Waals surface area (Å²) in [6.45, 7) is 2.01. The first-order valence-electron chi connectivity index (χ1n) is 5.94. The summed E-state index contributed by atoms with van der Waals surface area (Å²) in [7, 11) is 0. The van der Waals surface area contributed by atoms with Crippen LogP contribution in [0.15, 0.2) is 42.5 Å². The van der Waals surface area contributed by atoms with Gasteiger partial charge in [0.1, 0.15) is 0 Å². The van der Waals surface area contributed by atoms with Gasteiger partial charge in [-0.15, -0.1) is 0 Å². The highest BCUT2D eigenvalue weighted by Crippen LogP contribution is 2.25. The molecular formula is C15H16O2. The van der Waals surface area contributed by atoms with Gasteiger partial charge in [0.15, 0.2) is 0 Å². The molecule has 0 fully saturated rings. The second kappa shape index (κ2) is 5.00. The lowest BCUT2D eigenvalue weighted by Crippen LogP contribution is -2.11. The van der Waals surface area contributed by atoms with E-state index in [1.807, 2.05) is 49.4 Å². The number of hydrogen-bond acceptors (Lipinski definition) is 1. The zero-order valence-electron chi connectivity index (χ0n) is 9.89. The Kier molecular flexibility index (Phi) is 3.43. The van der Waals surface area contributed by atoms with Crippen molar-refractivity contribution < 1.29 is 9.90 Å². The minimum Gasteiger partial charge on any atom is -0.481 e. The topological polar surface area (TPSA) is 37.3 Å². The Labute approximate surface area is 101 Å². The monoisotopic (exact) mass is 228 g/mol. The van der Waals surface area contributed by atoms with Crippen molar-refractivity contribution in [2.75, 3.05) is 0 Å². The van der Waals surface area contributed by atoms with Crippen molar-refractivity contribution in [3.05, 3.63) is 48.0 Å². The molecule has 88 valence electrons. The van der Waals surface area contributed by atoms with E-state index in [2.05, 4.69) is 0 Å². The summed E-state index contributed by atoms with van der Waals surface area (Å²) >= 11 is 0. The second-order valence-electron chi connectivity index (χ2n) is 4.29. The molecule has 2 nitrogen and oxygen atoms in total. The quantitative estimate of drug-likeness (QED) is 0.864. The average molecular weight is 228 g/mol. The molecule has 2 rings (SSSR count). The highest BCUT2D eigenvalue weighted by Gasteiger charge is 2.18. The van der Waals surface area contributed by atoms with Crippen molar-refractivity contribution in [2.24, 2.45) is 0 Å². The molecule has 0 saturated carbocycles. The SMILES string of the molecule is CCC[C@@H](C(=O)O)c1ccc2ccccc2c1. The number of fused-ring (bicyclic) bond motifs is 1. The summed E-state index contributed by atoms with van der Waals surface area (Å²) in [6, 6.07) is 13.9. The zero-order valence-corrected chi connectivity index (χ0v) is 9.89. The van der Waals surface area contributed by atoms with Gasteiger partial charge in [-0.25, -0.2) is 0 Å². The van der Waals surface area contributed by atoms with E-state index < -0.39 is 5.97 Å². The lowest BCUT2D eigenvalue weighted by molar-refractivity contribution is -0.139. The van der Waals surface area contributed by atoms with Crippen LogP contribution in [0.25, 0.3) is 10.8 Å². The third kappa shape index (κ3) is 2.47. The first-order chi connectivity index (χ1) is 8.22. The van der Waals surface area contributed by atoms with E-state index in [4.69, 9.17) is 0 Å². The normalized spacial score (nSPS) is 12.5. The van der Waals surface area contributed by atoms with Crippen LogP contribution in [0.3, 0.4) is 0 Å². The minimum absolute atomic E-state index is 0.385. The van der Waals surface area contributed by atoms with E-state index in [9.17, 15) is 9.90 Å². The number of carboxylic acid groups (broad SMARTS) is 1. The fourth-order valence-electron chi connectivity index (χ4n) is 2.15. The van der Waals surface area contributed by atoms with Gasteiger partial charge in [0.2, 0.25) is 0 Å². The highest BCUT2D eigenvalue weighted by molar-refractivity contribution is 5.85. The van der Waals surface area contributed by atoms with Crippen LogP contribution in [-0.2, 0) is 4.79 Å². The van der Waals surface area contributed by atoms with E-state index in [0.717, 1.165) is 22.8 Å². The summed E-state index contributed by atoms with van der Waals surface area (Å²) < 4.78 is 0. The van der Waals surface area contributed by atoms with Crippen LogP contribution < -0.4 is 0 Å². The summed E-state index contributed by atoms with van der Waals surface area (Å²) in [5.74, 6) is -1.12. The zero-order chi connectivity index (χ0) is 12.3. The van der Waals surface area contributed by atoms with Gasteiger partial charge in [0, 0.05) is 0 Å². The predicted molar refractivity (Wildman–Crippen MR) is 69.2 cm³/mol. The molecule has 2 aromatic rings. The van der Waals surface area contributed by atoms with Crippen LogP contribution in [0, 0.1) is 0 Å². The number of rotatable bonds is 4. The van der Waals surface area contributed by atoms with Gasteiger partial charge in [-0.1, -0.05) is 55.8 Å². The lowest BCUT2D eigenvalue weighted by Gasteiger charge is -2.12. The number of benzene rings is 2. The molecular weight excluding hydrogens is 212 g/mol. The van der Waals surface area contributed by atoms with Gasteiger partial charge >= 0.3 is 5.97 Å². The molecule has 0 spiro atoms. The summed E-state index contributed by atoms with van der Waals surface area (Å²) in [5, 5.41) is 11.5. The third-order valence-electron chi connectivity index (χ3n) is 3.05. The molecule has 0 saturated heterocycles. The van der Waals surface area contributed by atoms with E-state index in [1.165, 1.54) is 0 Å². The van der Waals surface area contributed by atoms with E-state index in [0.29, 0.717) is 6.42 Å². The van der Waals surface area contributed by atoms with Gasteiger partial charge in [-0.2, -0.15) is 0 Å². The largest absolute Gasteiger partial charge is 0.481 e. The Hall–Kier alpha value is -1.83. The Bertz CT molecular complexity index is 531. The fraction of sp³-hybridized carbons (Fsp3) is 0.267. The fourth-order valence-corrected chi connectivity index (χ4v) is 2.15. The number of carbonyl (C=O) groups is 1. The van der Waals surface area contributed by atoms with Crippen molar-refractivity contribution in [3.8, 4) is 0 Å². The second-order valence-corrected chi connectivity index (χ2v) is 4.29. The van der Waals surface area contributed by atoms with Gasteiger partial charge in [-0.3, -0.25) is 4.79 Å². The average Bonchev–Trinajstić information content (AvgIpc) is 2.35. The first-order valence-corrected chi connectivity index (χ1v) is 5.94. The number of aliphatic carboxylic acids is 1. The predicted octanol–water partition coefficient (Wildman–Crippen LogP) is 3.81. The molecule has 2 heteroatoms. The Morgan fingerprint density at radius 1 is 1.18 bits per heavy atom. The Balaban J connectivity index is 2.43. The molecule has 0 unspecified atom stereocenters. The van der Waals surface area contributed by atoms with Crippen LogP contribution in [0.1, 0.15) is 31.2 Å². The van der Waals surface area contributed by atoms with Crippen molar-refractivity contribution in [1.29, 1.82) is 0 Å². The van der Waals surface area contributed by atoms with Crippen LogP contribution in [0.4, 0.5) is 0 Å². The molecule has 0 aliphatic rings. The molecule has 0 aliphatic heterocycles. The number of carboxylic acids is 1. The summed E-state index contributed by atoms with van der Waals surface area (Å²) in [4.78, 5) is 11.2. The molecule has 0 bridgehead atoms. The molecule has 0 aromatic heterocycles. The van der Waals surface area contributed by atoms with Gasteiger partial charge in [-0.05, 0) is 22.8 Å². The van der Waals surface area contributed by atoms with Gasteiger partial charge < -0.3 is 5.11 Å².